The van der Waals surface area contributed by atoms with Gasteiger partial charge in [-0.25, -0.2) is 0 Å². The Kier molecular flexibility index (Phi) is 3.60. The van der Waals surface area contributed by atoms with Crippen LogP contribution in [0.4, 0.5) is 0 Å². The van der Waals surface area contributed by atoms with E-state index in [1.807, 2.05) is 0 Å². The van der Waals surface area contributed by atoms with Gasteiger partial charge in [-0.3, -0.25) is 14.9 Å². The number of amides is 2. The molecular formula is C4H5CaNO2. The number of imide groups is 1. The van der Waals surface area contributed by atoms with E-state index in [1.165, 1.54) is 0 Å². The summed E-state index contributed by atoms with van der Waals surface area (Å²) in [5.41, 5.74) is 0. The topological polar surface area (TPSA) is 46.2 Å². The van der Waals surface area contributed by atoms with Crippen LogP contribution >= 0.6 is 0 Å². The van der Waals surface area contributed by atoms with E-state index >= 15 is 0 Å². The fourth-order valence-corrected chi connectivity index (χ4v) is 0.508. The standard InChI is InChI=1S/C4H5NO2.Ca/c6-3-1-2-4(7)5-3;/h1-2H2,(H,5,6,7);. The van der Waals surface area contributed by atoms with Crippen molar-refractivity contribution in [3.63, 3.8) is 0 Å². The molecular weight excluding hydrogens is 134 g/mol. The molecule has 1 saturated heterocycles. The summed E-state index contributed by atoms with van der Waals surface area (Å²) in [5.74, 6) is -0.296. The summed E-state index contributed by atoms with van der Waals surface area (Å²) in [6, 6.07) is 0. The van der Waals surface area contributed by atoms with Crippen molar-refractivity contribution in [2.45, 2.75) is 12.8 Å². The number of hydrogen-bond donors (Lipinski definition) is 1. The maximum Gasteiger partial charge on any atom is 0.227 e. The van der Waals surface area contributed by atoms with Crippen LogP contribution in [-0.4, -0.2) is 49.6 Å². The van der Waals surface area contributed by atoms with Gasteiger partial charge in [0.1, 0.15) is 0 Å². The first-order valence-corrected chi connectivity index (χ1v) is 2.12. The van der Waals surface area contributed by atoms with Crippen LogP contribution in [0.2, 0.25) is 0 Å². The Balaban J connectivity index is 0.000000490. The van der Waals surface area contributed by atoms with Gasteiger partial charge in [-0.2, -0.15) is 0 Å². The SMILES string of the molecule is O=C1CCC(=O)N1.[Ca]. The van der Waals surface area contributed by atoms with Crippen LogP contribution in [0.5, 0.6) is 0 Å². The first-order valence-electron chi connectivity index (χ1n) is 2.12. The zero-order valence-corrected chi connectivity index (χ0v) is 6.65. The molecule has 4 heteroatoms. The average molecular weight is 139 g/mol. The van der Waals surface area contributed by atoms with Gasteiger partial charge in [0.05, 0.1) is 0 Å². The molecule has 1 heterocycles. The van der Waals surface area contributed by atoms with Gasteiger partial charge in [0.25, 0.3) is 0 Å². The van der Waals surface area contributed by atoms with Gasteiger partial charge in [-0.05, 0) is 0 Å². The molecule has 1 N–H and O–H groups in total. The molecule has 0 aromatic rings. The summed E-state index contributed by atoms with van der Waals surface area (Å²) in [7, 11) is 0. The van der Waals surface area contributed by atoms with Crippen molar-refractivity contribution >= 4 is 49.6 Å². The molecule has 1 aliphatic heterocycles. The van der Waals surface area contributed by atoms with E-state index in [-0.39, 0.29) is 49.6 Å². The van der Waals surface area contributed by atoms with Crippen LogP contribution in [0.3, 0.4) is 0 Å². The van der Waals surface area contributed by atoms with Gasteiger partial charge in [0.15, 0.2) is 0 Å². The van der Waals surface area contributed by atoms with Gasteiger partial charge in [-0.1, -0.05) is 0 Å². The number of rotatable bonds is 0. The van der Waals surface area contributed by atoms with E-state index in [0.29, 0.717) is 12.8 Å². The molecule has 40 valence electrons. The third-order valence-electron chi connectivity index (χ3n) is 0.858. The quantitative estimate of drug-likeness (QED) is 0.347. The van der Waals surface area contributed by atoms with E-state index < -0.39 is 0 Å². The maximum atomic E-state index is 10.1. The molecule has 0 aliphatic carbocycles. The number of nitrogens with one attached hydrogen (secondary N) is 1. The largest absolute Gasteiger partial charge is 0.296 e. The predicted molar refractivity (Wildman–Crippen MR) is 28.1 cm³/mol. The summed E-state index contributed by atoms with van der Waals surface area (Å²) >= 11 is 0. The van der Waals surface area contributed by atoms with Crippen molar-refractivity contribution in [3.05, 3.63) is 0 Å². The van der Waals surface area contributed by atoms with E-state index in [0.717, 1.165) is 0 Å². The Hall–Kier alpha value is 0.400. The van der Waals surface area contributed by atoms with E-state index in [4.69, 9.17) is 0 Å². The van der Waals surface area contributed by atoms with E-state index in [1.54, 1.807) is 0 Å². The smallest absolute Gasteiger partial charge is 0.227 e. The second-order valence-electron chi connectivity index (χ2n) is 1.47. The molecule has 0 saturated carbocycles. The molecule has 0 aromatic carbocycles. The van der Waals surface area contributed by atoms with Crippen molar-refractivity contribution in [1.29, 1.82) is 0 Å². The first kappa shape index (κ1) is 8.40. The minimum Gasteiger partial charge on any atom is -0.296 e. The molecule has 3 nitrogen and oxygen atoms in total. The zero-order valence-electron chi connectivity index (χ0n) is 4.44. The summed E-state index contributed by atoms with van der Waals surface area (Å²) in [5, 5.41) is 2.14. The van der Waals surface area contributed by atoms with Crippen LogP contribution in [0.15, 0.2) is 0 Å². The molecule has 0 spiro atoms. The minimum absolute atomic E-state index is 0. The molecule has 1 rings (SSSR count). The molecule has 1 aliphatic rings. The van der Waals surface area contributed by atoms with Crippen LogP contribution in [0, 0.1) is 0 Å². The number of carbonyl (C=O) groups is 2. The Morgan fingerprint density at radius 2 is 1.50 bits per heavy atom. The first-order chi connectivity index (χ1) is 3.29. The van der Waals surface area contributed by atoms with Gasteiger partial charge in [0, 0.05) is 50.6 Å². The number of hydrogen-bond acceptors (Lipinski definition) is 2. The summed E-state index contributed by atoms with van der Waals surface area (Å²) in [6.45, 7) is 0. The van der Waals surface area contributed by atoms with Crippen LogP contribution < -0.4 is 5.32 Å². The normalized spacial score (nSPS) is 17.5. The predicted octanol–water partition coefficient (Wildman–Crippen LogP) is -0.958. The Bertz CT molecular complexity index is 109. The fourth-order valence-electron chi connectivity index (χ4n) is 0.508. The van der Waals surface area contributed by atoms with Crippen molar-refractivity contribution in [2.75, 3.05) is 0 Å². The fraction of sp³-hybridized carbons (Fsp3) is 0.500. The molecule has 8 heavy (non-hydrogen) atoms. The summed E-state index contributed by atoms with van der Waals surface area (Å²) < 4.78 is 0. The van der Waals surface area contributed by atoms with Crippen LogP contribution in [0.25, 0.3) is 0 Å². The van der Waals surface area contributed by atoms with Crippen molar-refractivity contribution in [1.82, 2.24) is 5.32 Å². The monoisotopic (exact) mass is 139 g/mol. The summed E-state index contributed by atoms with van der Waals surface area (Å²) in [4.78, 5) is 20.2. The molecule has 1 fully saturated rings. The van der Waals surface area contributed by atoms with Crippen LogP contribution in [0.1, 0.15) is 12.8 Å². The molecule has 0 unspecified atom stereocenters. The maximum absolute atomic E-state index is 10.1. The average Bonchev–Trinajstić information content (AvgIpc) is 1.87. The molecule has 0 aromatic heterocycles. The Morgan fingerprint density at radius 3 is 1.62 bits per heavy atom. The third-order valence-corrected chi connectivity index (χ3v) is 0.858. The Labute approximate surface area is 76.8 Å². The second kappa shape index (κ2) is 3.43. The van der Waals surface area contributed by atoms with Gasteiger partial charge in [0.2, 0.25) is 11.8 Å². The van der Waals surface area contributed by atoms with E-state index in [2.05, 4.69) is 5.32 Å². The van der Waals surface area contributed by atoms with Gasteiger partial charge >= 0.3 is 0 Å². The molecule has 2 amide bonds. The molecule has 2 radical (unpaired) electrons. The second-order valence-corrected chi connectivity index (χ2v) is 1.47. The molecule has 0 bridgehead atoms. The summed E-state index contributed by atoms with van der Waals surface area (Å²) in [6.07, 6.45) is 0.748. The molecule has 0 atom stereocenters. The zero-order chi connectivity index (χ0) is 5.28. The third kappa shape index (κ3) is 2.11. The number of carbonyl (C=O) groups excluding carboxylic acids is 2. The van der Waals surface area contributed by atoms with Gasteiger partial charge < -0.3 is 0 Å². The van der Waals surface area contributed by atoms with Crippen molar-refractivity contribution in [3.8, 4) is 0 Å². The van der Waals surface area contributed by atoms with Crippen molar-refractivity contribution < 1.29 is 9.59 Å². The van der Waals surface area contributed by atoms with Gasteiger partial charge in [-0.15, -0.1) is 0 Å². The van der Waals surface area contributed by atoms with Crippen LogP contribution in [-0.2, 0) is 9.59 Å². The minimum atomic E-state index is -0.148. The van der Waals surface area contributed by atoms with Crippen molar-refractivity contribution in [2.24, 2.45) is 0 Å². The Morgan fingerprint density at radius 1 is 1.12 bits per heavy atom. The van der Waals surface area contributed by atoms with E-state index in [9.17, 15) is 9.59 Å².